The van der Waals surface area contributed by atoms with E-state index in [0.29, 0.717) is 11.7 Å². The van der Waals surface area contributed by atoms with E-state index in [0.717, 1.165) is 6.42 Å². The molecule has 0 fully saturated rings. The number of nitrogens with two attached hydrogens (primary N) is 1. The van der Waals surface area contributed by atoms with Crippen molar-refractivity contribution in [3.8, 4) is 0 Å². The largest absolute Gasteiger partial charge is 0.384 e. The summed E-state index contributed by atoms with van der Waals surface area (Å²) in [5.41, 5.74) is 10.0. The lowest BCUT2D eigenvalue weighted by atomic mass is 9.76. The van der Waals surface area contributed by atoms with Crippen LogP contribution >= 0.6 is 0 Å². The average molecular weight is 455 g/mol. The van der Waals surface area contributed by atoms with Crippen LogP contribution < -0.4 is 5.73 Å². The van der Waals surface area contributed by atoms with E-state index in [-0.39, 0.29) is 5.75 Å². The first-order valence-electron chi connectivity index (χ1n) is 11.2. The highest BCUT2D eigenvalue weighted by Gasteiger charge is 2.24. The molecule has 0 radical (unpaired) electrons. The maximum absolute atomic E-state index is 10.5. The third-order valence-electron chi connectivity index (χ3n) is 6.42. The number of aromatic nitrogens is 1. The molecule has 2 N–H and O–H groups in total. The molecule has 5 heteroatoms. The molecule has 4 aromatic rings. The van der Waals surface area contributed by atoms with Crippen LogP contribution in [0.25, 0.3) is 21.5 Å². The van der Waals surface area contributed by atoms with Crippen LogP contribution in [-0.2, 0) is 16.3 Å². The first-order valence-corrected chi connectivity index (χ1v) is 12.9. The van der Waals surface area contributed by atoms with E-state index in [4.69, 9.17) is 5.73 Å². The second-order valence-corrected chi connectivity index (χ2v) is 10.5. The van der Waals surface area contributed by atoms with Crippen molar-refractivity contribution in [3.63, 3.8) is 0 Å². The van der Waals surface area contributed by atoms with Crippen LogP contribution in [-0.4, -0.2) is 19.2 Å². The monoisotopic (exact) mass is 454 g/mol. The van der Waals surface area contributed by atoms with Crippen LogP contribution in [0.3, 0.4) is 0 Å². The number of anilines is 1. The number of nitrogen functional groups attached to an aromatic ring is 1. The van der Waals surface area contributed by atoms with Gasteiger partial charge < -0.3 is 5.73 Å². The van der Waals surface area contributed by atoms with Gasteiger partial charge in [0, 0.05) is 17.5 Å². The first kappa shape index (κ1) is 21.4. The van der Waals surface area contributed by atoms with E-state index >= 15 is 0 Å². The molecule has 0 saturated heterocycles. The Morgan fingerprint density at radius 3 is 2.45 bits per heavy atom. The first-order chi connectivity index (χ1) is 16.0. The summed E-state index contributed by atoms with van der Waals surface area (Å²) in [6.45, 7) is 0. The number of allylic oxidation sites excluding steroid dienone is 2. The van der Waals surface area contributed by atoms with Crippen LogP contribution in [0.4, 0.5) is 5.82 Å². The molecular formula is C28H26N2O2S. The topological polar surface area (TPSA) is 73.0 Å². The Morgan fingerprint density at radius 2 is 1.73 bits per heavy atom. The smallest absolute Gasteiger partial charge is 0.175 e. The zero-order chi connectivity index (χ0) is 22.8. The highest BCUT2D eigenvalue weighted by atomic mass is 32.2. The average Bonchev–Trinajstić information content (AvgIpc) is 2.84. The van der Waals surface area contributed by atoms with Gasteiger partial charge in [-0.15, -0.1) is 0 Å². The van der Waals surface area contributed by atoms with Crippen molar-refractivity contribution in [2.45, 2.75) is 25.2 Å². The lowest BCUT2D eigenvalue weighted by Crippen LogP contribution is -2.12. The second-order valence-electron chi connectivity index (χ2n) is 8.57. The maximum atomic E-state index is 10.5. The quantitative estimate of drug-likeness (QED) is 0.362. The normalized spacial score (nSPS) is 18.5. The van der Waals surface area contributed by atoms with Crippen LogP contribution in [0.2, 0.25) is 0 Å². The van der Waals surface area contributed by atoms with E-state index in [2.05, 4.69) is 59.6 Å². The summed E-state index contributed by atoms with van der Waals surface area (Å²) >= 11 is 0. The number of nitrogens with zero attached hydrogens (tertiary/aromatic N) is 1. The van der Waals surface area contributed by atoms with E-state index in [1.165, 1.54) is 62.6 Å². The SMILES string of the molecule is Nc1ccc(C2CCCc3ccc4c(ccc5ccccc54)c32)cn1.O=S1(=O)C=CC=CC1. The predicted octanol–water partition coefficient (Wildman–Crippen LogP) is 5.92. The Kier molecular flexibility index (Phi) is 5.73. The van der Waals surface area contributed by atoms with Crippen LogP contribution in [0.5, 0.6) is 0 Å². The molecule has 0 bridgehead atoms. The Hall–Kier alpha value is -3.44. The molecular weight excluding hydrogens is 428 g/mol. The fourth-order valence-electron chi connectivity index (χ4n) is 4.87. The Balaban J connectivity index is 0.000000243. The molecule has 4 nitrogen and oxygen atoms in total. The summed E-state index contributed by atoms with van der Waals surface area (Å²) in [6, 6.07) is 21.9. The van der Waals surface area contributed by atoms with E-state index in [9.17, 15) is 8.42 Å². The van der Waals surface area contributed by atoms with Crippen molar-refractivity contribution >= 4 is 37.2 Å². The minimum absolute atomic E-state index is 0.156. The van der Waals surface area contributed by atoms with E-state index in [1.807, 2.05) is 12.3 Å². The molecule has 6 rings (SSSR count). The van der Waals surface area contributed by atoms with Gasteiger partial charge in [0.05, 0.1) is 5.75 Å². The minimum Gasteiger partial charge on any atom is -0.384 e. The van der Waals surface area contributed by atoms with Gasteiger partial charge in [-0.3, -0.25) is 0 Å². The van der Waals surface area contributed by atoms with Crippen molar-refractivity contribution in [3.05, 3.63) is 107 Å². The van der Waals surface area contributed by atoms with Gasteiger partial charge in [0.2, 0.25) is 0 Å². The van der Waals surface area contributed by atoms with Crippen molar-refractivity contribution in [2.75, 3.05) is 11.5 Å². The number of sulfone groups is 1. The maximum Gasteiger partial charge on any atom is 0.175 e. The van der Waals surface area contributed by atoms with Crippen molar-refractivity contribution in [2.24, 2.45) is 0 Å². The van der Waals surface area contributed by atoms with Gasteiger partial charge in [-0.1, -0.05) is 72.8 Å². The second kappa shape index (κ2) is 8.83. The Labute approximate surface area is 194 Å². The molecule has 166 valence electrons. The number of benzene rings is 3. The number of pyridine rings is 1. The van der Waals surface area contributed by atoms with Gasteiger partial charge in [0.15, 0.2) is 9.84 Å². The van der Waals surface area contributed by atoms with Gasteiger partial charge in [-0.05, 0) is 63.6 Å². The van der Waals surface area contributed by atoms with Gasteiger partial charge in [0.25, 0.3) is 0 Å². The number of fused-ring (bicyclic) bond motifs is 5. The Morgan fingerprint density at radius 1 is 0.879 bits per heavy atom. The lowest BCUT2D eigenvalue weighted by molar-refractivity contribution is 0.607. The summed E-state index contributed by atoms with van der Waals surface area (Å²) in [6.07, 6.45) is 10.4. The van der Waals surface area contributed by atoms with E-state index in [1.54, 1.807) is 12.2 Å². The summed E-state index contributed by atoms with van der Waals surface area (Å²) in [5, 5.41) is 6.59. The van der Waals surface area contributed by atoms with Gasteiger partial charge in [0.1, 0.15) is 5.82 Å². The van der Waals surface area contributed by atoms with E-state index < -0.39 is 9.84 Å². The summed E-state index contributed by atoms with van der Waals surface area (Å²) in [5.74, 6) is 1.15. The number of hydrogen-bond acceptors (Lipinski definition) is 4. The zero-order valence-electron chi connectivity index (χ0n) is 18.3. The summed E-state index contributed by atoms with van der Waals surface area (Å²) in [4.78, 5) is 4.34. The summed E-state index contributed by atoms with van der Waals surface area (Å²) < 4.78 is 21.0. The van der Waals surface area contributed by atoms with Crippen molar-refractivity contribution in [1.82, 2.24) is 4.98 Å². The molecule has 1 aromatic heterocycles. The zero-order valence-corrected chi connectivity index (χ0v) is 19.1. The number of aryl methyl sites for hydroxylation is 1. The molecule has 1 atom stereocenters. The molecule has 2 aliphatic rings. The fourth-order valence-corrected chi connectivity index (χ4v) is 5.69. The molecule has 1 unspecified atom stereocenters. The highest BCUT2D eigenvalue weighted by Crippen LogP contribution is 2.42. The van der Waals surface area contributed by atoms with Crippen LogP contribution in [0.15, 0.2) is 90.5 Å². The van der Waals surface area contributed by atoms with Gasteiger partial charge >= 0.3 is 0 Å². The van der Waals surface area contributed by atoms with Crippen molar-refractivity contribution < 1.29 is 8.42 Å². The molecule has 0 spiro atoms. The van der Waals surface area contributed by atoms with Gasteiger partial charge in [-0.25, -0.2) is 13.4 Å². The molecule has 1 aliphatic carbocycles. The molecule has 1 aliphatic heterocycles. The fraction of sp³-hybridized carbons (Fsp3) is 0.179. The third kappa shape index (κ3) is 4.41. The third-order valence-corrected chi connectivity index (χ3v) is 7.65. The molecule has 3 aromatic carbocycles. The molecule has 2 heterocycles. The van der Waals surface area contributed by atoms with Crippen molar-refractivity contribution in [1.29, 1.82) is 0 Å². The lowest BCUT2D eigenvalue weighted by Gasteiger charge is -2.28. The molecule has 33 heavy (non-hydrogen) atoms. The molecule has 0 saturated carbocycles. The van der Waals surface area contributed by atoms with Gasteiger partial charge in [-0.2, -0.15) is 0 Å². The standard InChI is InChI=1S/C23H20N2.C5H6O2S/c24-22-13-10-17(14-25-22)19-7-3-5-16-9-11-20-18-6-2-1-4-15(18)8-12-21(20)23(16)19;6-8(7)4-2-1-3-5-8/h1-2,4,6,8-14,19H,3,5,7H2,(H2,24,25);1-4H,5H2. The van der Waals surface area contributed by atoms with Crippen LogP contribution in [0.1, 0.15) is 35.4 Å². The van der Waals surface area contributed by atoms with Crippen LogP contribution in [0, 0.1) is 0 Å². The summed E-state index contributed by atoms with van der Waals surface area (Å²) in [7, 11) is -2.85. The minimum atomic E-state index is -2.85. The number of hydrogen-bond donors (Lipinski definition) is 1. The number of rotatable bonds is 1. The highest BCUT2D eigenvalue weighted by molar-refractivity contribution is 7.94. The molecule has 0 amide bonds. The Bertz CT molecular complexity index is 1490. The predicted molar refractivity (Wildman–Crippen MR) is 137 cm³/mol.